The zero-order valence-electron chi connectivity index (χ0n) is 21.3. The Labute approximate surface area is 231 Å². The van der Waals surface area contributed by atoms with E-state index in [1.807, 2.05) is 0 Å². The highest BCUT2D eigenvalue weighted by Gasteiger charge is 2.36. The molecule has 214 valence electrons. The molecule has 4 aromatic rings. The average Bonchev–Trinajstić information content (AvgIpc) is 2.92. The number of rotatable bonds is 7. The van der Waals surface area contributed by atoms with Crippen LogP contribution in [0.15, 0.2) is 95.0 Å². The van der Waals surface area contributed by atoms with E-state index in [-0.39, 0.29) is 45.6 Å². The summed E-state index contributed by atoms with van der Waals surface area (Å²) in [4.78, 5) is 17.2. The first-order valence-electron chi connectivity index (χ1n) is 12.1. The maximum Gasteiger partial charge on any atom is 0.416 e. The molecule has 0 spiro atoms. The Bertz CT molecular complexity index is 1650. The van der Waals surface area contributed by atoms with Crippen molar-refractivity contribution in [2.24, 2.45) is 0 Å². The molecule has 5 nitrogen and oxygen atoms in total. The Balaban J connectivity index is 1.65. The normalized spacial score (nSPS) is 12.3. The molecule has 0 aliphatic rings. The van der Waals surface area contributed by atoms with Crippen LogP contribution in [-0.2, 0) is 28.6 Å². The van der Waals surface area contributed by atoms with Gasteiger partial charge in [-0.05, 0) is 72.0 Å². The van der Waals surface area contributed by atoms with Gasteiger partial charge in [0.25, 0.3) is 5.91 Å². The fourth-order valence-corrected chi connectivity index (χ4v) is 5.38. The van der Waals surface area contributed by atoms with Gasteiger partial charge in [-0.15, -0.1) is 0 Å². The molecule has 1 heterocycles. The Morgan fingerprint density at radius 3 is 1.98 bits per heavy atom. The van der Waals surface area contributed by atoms with Crippen LogP contribution < -0.4 is 5.32 Å². The van der Waals surface area contributed by atoms with Crippen LogP contribution in [0.25, 0.3) is 11.1 Å². The minimum atomic E-state index is -4.99. The predicted molar refractivity (Wildman–Crippen MR) is 139 cm³/mol. The number of aromatic nitrogens is 1. The number of carbonyl (C=O) groups excluding carboxylic acids is 1. The minimum Gasteiger partial charge on any atom is -0.352 e. The van der Waals surface area contributed by atoms with Crippen LogP contribution in [0.1, 0.15) is 32.6 Å². The highest BCUT2D eigenvalue weighted by molar-refractivity contribution is 7.91. The van der Waals surface area contributed by atoms with Gasteiger partial charge in [0.2, 0.25) is 9.84 Å². The van der Waals surface area contributed by atoms with Gasteiger partial charge in [-0.25, -0.2) is 13.4 Å². The smallest absolute Gasteiger partial charge is 0.352 e. The number of halogens is 6. The van der Waals surface area contributed by atoms with Gasteiger partial charge in [-0.1, -0.05) is 42.5 Å². The van der Waals surface area contributed by atoms with Gasteiger partial charge in [0.05, 0.1) is 21.6 Å². The van der Waals surface area contributed by atoms with Crippen LogP contribution in [0.2, 0.25) is 0 Å². The summed E-state index contributed by atoms with van der Waals surface area (Å²) < 4.78 is 105. The number of benzene rings is 3. The molecule has 1 amide bonds. The highest BCUT2D eigenvalue weighted by atomic mass is 32.2. The number of alkyl halides is 6. The maximum absolute atomic E-state index is 13.2. The molecule has 1 N–H and O–H groups in total. The summed E-state index contributed by atoms with van der Waals surface area (Å²) in [5.41, 5.74) is -1.69. The van der Waals surface area contributed by atoms with Crippen molar-refractivity contribution in [2.45, 2.75) is 35.6 Å². The third-order valence-electron chi connectivity index (χ3n) is 6.23. The first-order chi connectivity index (χ1) is 19.2. The lowest BCUT2D eigenvalue weighted by Gasteiger charge is -2.15. The second-order valence-corrected chi connectivity index (χ2v) is 11.0. The minimum absolute atomic E-state index is 0.000233. The molecular formula is C29H22F6N2O3S. The van der Waals surface area contributed by atoms with Crippen molar-refractivity contribution in [3.8, 4) is 11.1 Å². The zero-order valence-corrected chi connectivity index (χ0v) is 22.2. The summed E-state index contributed by atoms with van der Waals surface area (Å²) in [5, 5.41) is 2.19. The van der Waals surface area contributed by atoms with Crippen molar-refractivity contribution in [1.29, 1.82) is 0 Å². The molecule has 0 aliphatic heterocycles. The van der Waals surface area contributed by atoms with Crippen LogP contribution in [-0.4, -0.2) is 25.9 Å². The molecule has 0 saturated heterocycles. The Kier molecular flexibility index (Phi) is 8.25. The summed E-state index contributed by atoms with van der Waals surface area (Å²) in [7, 11) is -4.04. The first-order valence-corrected chi connectivity index (χ1v) is 13.6. The number of pyridine rings is 1. The first kappa shape index (κ1) is 29.8. The lowest BCUT2D eigenvalue weighted by atomic mass is 9.97. The van der Waals surface area contributed by atoms with Crippen molar-refractivity contribution >= 4 is 15.7 Å². The van der Waals surface area contributed by atoms with Gasteiger partial charge < -0.3 is 5.32 Å². The molecule has 3 aromatic carbocycles. The van der Waals surface area contributed by atoms with Gasteiger partial charge in [0.15, 0.2) is 5.03 Å². The fourth-order valence-electron chi connectivity index (χ4n) is 4.16. The molecule has 0 atom stereocenters. The monoisotopic (exact) mass is 592 g/mol. The SMILES string of the molecule is Cc1ccccc1-c1cc(S(=O)(=O)c2ccccc2)ncc1C(=O)NCCc1cc(C(F)(F)F)cc(C(F)(F)F)c1. The van der Waals surface area contributed by atoms with Crippen LogP contribution >= 0.6 is 0 Å². The summed E-state index contributed by atoms with van der Waals surface area (Å²) >= 11 is 0. The molecule has 0 bridgehead atoms. The van der Waals surface area contributed by atoms with E-state index in [2.05, 4.69) is 10.3 Å². The number of amides is 1. The summed E-state index contributed by atoms with van der Waals surface area (Å²) in [5.74, 6) is -0.734. The van der Waals surface area contributed by atoms with Crippen LogP contribution in [0.3, 0.4) is 0 Å². The van der Waals surface area contributed by atoms with Crippen molar-refractivity contribution in [1.82, 2.24) is 10.3 Å². The molecule has 0 radical (unpaired) electrons. The second-order valence-electron chi connectivity index (χ2n) is 9.12. The largest absolute Gasteiger partial charge is 0.416 e. The average molecular weight is 593 g/mol. The van der Waals surface area contributed by atoms with Gasteiger partial charge in [0.1, 0.15) is 0 Å². The van der Waals surface area contributed by atoms with Crippen LogP contribution in [0, 0.1) is 6.92 Å². The molecular weight excluding hydrogens is 570 g/mol. The van der Waals surface area contributed by atoms with E-state index in [9.17, 15) is 39.6 Å². The molecule has 0 unspecified atom stereocenters. The predicted octanol–water partition coefficient (Wildman–Crippen LogP) is 6.90. The van der Waals surface area contributed by atoms with Crippen molar-refractivity contribution in [3.05, 3.63) is 113 Å². The quantitative estimate of drug-likeness (QED) is 0.237. The Morgan fingerprint density at radius 1 is 0.805 bits per heavy atom. The third kappa shape index (κ3) is 6.76. The molecule has 0 saturated carbocycles. The Hall–Kier alpha value is -4.19. The zero-order chi connectivity index (χ0) is 30.0. The van der Waals surface area contributed by atoms with E-state index < -0.39 is 39.2 Å². The standard InChI is InChI=1S/C29H22F6N2O3S/c1-18-7-5-6-10-23(18)24-16-26(41(39,40)22-8-3-2-4-9-22)37-17-25(24)27(38)36-12-11-19-13-20(28(30,31)32)15-21(14-19)29(33,34)35/h2-10,13-17H,11-12H2,1H3,(H,36,38). The molecule has 0 fully saturated rings. The lowest BCUT2D eigenvalue weighted by molar-refractivity contribution is -0.143. The number of sulfone groups is 1. The number of nitrogens with zero attached hydrogens (tertiary/aromatic N) is 1. The second kappa shape index (κ2) is 11.4. The molecule has 41 heavy (non-hydrogen) atoms. The molecule has 12 heteroatoms. The van der Waals surface area contributed by atoms with Gasteiger partial charge in [-0.3, -0.25) is 4.79 Å². The van der Waals surface area contributed by atoms with E-state index in [4.69, 9.17) is 0 Å². The summed E-state index contributed by atoms with van der Waals surface area (Å²) in [6.45, 7) is 1.46. The number of carbonyl (C=O) groups is 1. The van der Waals surface area contributed by atoms with Crippen molar-refractivity contribution < 1.29 is 39.6 Å². The maximum atomic E-state index is 13.2. The van der Waals surface area contributed by atoms with Gasteiger partial charge in [-0.2, -0.15) is 26.3 Å². The number of hydrogen-bond acceptors (Lipinski definition) is 4. The van der Waals surface area contributed by atoms with Gasteiger partial charge in [0, 0.05) is 12.7 Å². The fraction of sp³-hybridized carbons (Fsp3) is 0.172. The number of hydrogen-bond donors (Lipinski definition) is 1. The van der Waals surface area contributed by atoms with E-state index in [0.29, 0.717) is 17.7 Å². The molecule has 1 aromatic heterocycles. The number of aryl methyl sites for hydroxylation is 1. The third-order valence-corrected chi connectivity index (χ3v) is 7.90. The number of nitrogens with one attached hydrogen (secondary N) is 1. The Morgan fingerprint density at radius 2 is 1.39 bits per heavy atom. The lowest BCUT2D eigenvalue weighted by Crippen LogP contribution is -2.27. The summed E-state index contributed by atoms with van der Waals surface area (Å²) in [6, 6.07) is 17.0. The molecule has 0 aliphatic carbocycles. The molecule has 4 rings (SSSR count). The van der Waals surface area contributed by atoms with Crippen LogP contribution in [0.4, 0.5) is 26.3 Å². The van der Waals surface area contributed by atoms with E-state index >= 15 is 0 Å². The topological polar surface area (TPSA) is 76.1 Å². The van der Waals surface area contributed by atoms with E-state index in [0.717, 1.165) is 11.8 Å². The van der Waals surface area contributed by atoms with Crippen LogP contribution in [0.5, 0.6) is 0 Å². The van der Waals surface area contributed by atoms with Crippen molar-refractivity contribution in [2.75, 3.05) is 6.54 Å². The van der Waals surface area contributed by atoms with Gasteiger partial charge >= 0.3 is 12.4 Å². The highest BCUT2D eigenvalue weighted by Crippen LogP contribution is 2.36. The van der Waals surface area contributed by atoms with E-state index in [1.54, 1.807) is 49.4 Å². The van der Waals surface area contributed by atoms with Crippen molar-refractivity contribution in [3.63, 3.8) is 0 Å². The summed E-state index contributed by atoms with van der Waals surface area (Å²) in [6.07, 6.45) is -9.23. The van der Waals surface area contributed by atoms with E-state index in [1.165, 1.54) is 18.2 Å².